The quantitative estimate of drug-likeness (QED) is 0.653. The van der Waals surface area contributed by atoms with Gasteiger partial charge in [0, 0.05) is 12.0 Å². The van der Waals surface area contributed by atoms with Crippen LogP contribution in [0.15, 0.2) is 36.5 Å². The third-order valence-electron chi connectivity index (χ3n) is 3.72. The van der Waals surface area contributed by atoms with Gasteiger partial charge in [0.2, 0.25) is 5.91 Å². The van der Waals surface area contributed by atoms with Gasteiger partial charge in [-0.25, -0.2) is 0 Å². The average Bonchev–Trinajstić information content (AvgIpc) is 2.94. The second-order valence-corrected chi connectivity index (χ2v) is 6.10. The highest BCUT2D eigenvalue weighted by Crippen LogP contribution is 2.25. The van der Waals surface area contributed by atoms with Crippen LogP contribution in [-0.4, -0.2) is 27.2 Å². The molecule has 1 N–H and O–H groups in total. The van der Waals surface area contributed by atoms with Crippen molar-refractivity contribution in [3.63, 3.8) is 0 Å². The fraction of sp³-hybridized carbons (Fsp3) is 0.375. The number of rotatable bonds is 6. The van der Waals surface area contributed by atoms with Crippen molar-refractivity contribution in [1.29, 1.82) is 0 Å². The van der Waals surface area contributed by atoms with Gasteiger partial charge in [-0.05, 0) is 23.0 Å². The Labute approximate surface area is 134 Å². The van der Waals surface area contributed by atoms with Gasteiger partial charge in [0.15, 0.2) is 0 Å². The zero-order chi connectivity index (χ0) is 17.0. The van der Waals surface area contributed by atoms with E-state index in [1.807, 2.05) is 25.1 Å². The summed E-state index contributed by atoms with van der Waals surface area (Å²) >= 11 is 0. The maximum atomic E-state index is 12.0. The van der Waals surface area contributed by atoms with Crippen LogP contribution in [0.2, 0.25) is 0 Å². The molecule has 0 atom stereocenters. The normalized spacial score (nSPS) is 11.3. The lowest BCUT2D eigenvalue weighted by atomic mass is 9.82. The Kier molecular flexibility index (Phi) is 4.78. The first kappa shape index (κ1) is 16.7. The van der Waals surface area contributed by atoms with Gasteiger partial charge in [0.1, 0.15) is 6.54 Å². The van der Waals surface area contributed by atoms with Crippen molar-refractivity contribution in [2.75, 3.05) is 6.54 Å². The SMILES string of the molecule is Cc1ccccc1C(C)(C)CNC(=O)Cn1ccc([N+](=O)[O-])n1. The van der Waals surface area contributed by atoms with Crippen LogP contribution in [-0.2, 0) is 16.8 Å². The molecule has 7 nitrogen and oxygen atoms in total. The van der Waals surface area contributed by atoms with E-state index < -0.39 is 4.92 Å². The van der Waals surface area contributed by atoms with Crippen LogP contribution in [0.25, 0.3) is 0 Å². The Morgan fingerprint density at radius 1 is 1.35 bits per heavy atom. The lowest BCUT2D eigenvalue weighted by molar-refractivity contribution is -0.389. The van der Waals surface area contributed by atoms with Crippen molar-refractivity contribution in [3.8, 4) is 0 Å². The van der Waals surface area contributed by atoms with Crippen LogP contribution in [0.4, 0.5) is 5.82 Å². The number of nitro groups is 1. The van der Waals surface area contributed by atoms with Crippen molar-refractivity contribution in [3.05, 3.63) is 57.8 Å². The van der Waals surface area contributed by atoms with Gasteiger partial charge in [-0.2, -0.15) is 4.68 Å². The molecule has 0 unspecified atom stereocenters. The van der Waals surface area contributed by atoms with E-state index in [4.69, 9.17) is 0 Å². The second kappa shape index (κ2) is 6.60. The highest BCUT2D eigenvalue weighted by Gasteiger charge is 2.23. The average molecular weight is 316 g/mol. The molecule has 2 rings (SSSR count). The Balaban J connectivity index is 1.95. The van der Waals surface area contributed by atoms with Crippen molar-refractivity contribution in [2.24, 2.45) is 0 Å². The lowest BCUT2D eigenvalue weighted by Gasteiger charge is -2.27. The Morgan fingerprint density at radius 2 is 2.04 bits per heavy atom. The van der Waals surface area contributed by atoms with E-state index in [2.05, 4.69) is 30.3 Å². The van der Waals surface area contributed by atoms with Crippen LogP contribution in [0.3, 0.4) is 0 Å². The molecule has 1 aromatic heterocycles. The molecule has 0 aliphatic carbocycles. The molecule has 0 spiro atoms. The maximum absolute atomic E-state index is 12.0. The predicted octanol–water partition coefficient (Wildman–Crippen LogP) is 2.19. The Hall–Kier alpha value is -2.70. The molecule has 1 aromatic carbocycles. The maximum Gasteiger partial charge on any atom is 0.389 e. The number of benzene rings is 1. The van der Waals surface area contributed by atoms with E-state index in [1.54, 1.807) is 0 Å². The van der Waals surface area contributed by atoms with Crippen molar-refractivity contribution in [2.45, 2.75) is 32.7 Å². The first-order chi connectivity index (χ1) is 10.8. The molecule has 122 valence electrons. The molecule has 1 heterocycles. The standard InChI is InChI=1S/C16H20N4O3/c1-12-6-4-5-7-13(12)16(2,3)11-17-15(21)10-19-9-8-14(18-19)20(22)23/h4-9H,10-11H2,1-3H3,(H,17,21). The molecule has 2 aromatic rings. The minimum absolute atomic E-state index is 0.0440. The van der Waals surface area contributed by atoms with Gasteiger partial charge in [-0.3, -0.25) is 4.79 Å². The summed E-state index contributed by atoms with van der Waals surface area (Å²) in [6.45, 7) is 6.60. The number of hydrogen-bond donors (Lipinski definition) is 1. The minimum atomic E-state index is -0.588. The molecular formula is C16H20N4O3. The smallest absolute Gasteiger partial charge is 0.358 e. The third-order valence-corrected chi connectivity index (χ3v) is 3.72. The number of nitrogens with one attached hydrogen (secondary N) is 1. The number of aromatic nitrogens is 2. The van der Waals surface area contributed by atoms with E-state index in [0.29, 0.717) is 6.54 Å². The predicted molar refractivity (Wildman–Crippen MR) is 86.1 cm³/mol. The summed E-state index contributed by atoms with van der Waals surface area (Å²) in [4.78, 5) is 22.0. The van der Waals surface area contributed by atoms with Crippen LogP contribution < -0.4 is 5.32 Å². The zero-order valence-electron chi connectivity index (χ0n) is 13.4. The first-order valence-corrected chi connectivity index (χ1v) is 7.30. The number of nitrogens with zero attached hydrogens (tertiary/aromatic N) is 3. The van der Waals surface area contributed by atoms with Crippen molar-refractivity contribution < 1.29 is 9.72 Å². The van der Waals surface area contributed by atoms with Crippen LogP contribution in [0.5, 0.6) is 0 Å². The third kappa shape index (κ3) is 4.15. The number of carbonyl (C=O) groups excluding carboxylic acids is 1. The van der Waals surface area contributed by atoms with Gasteiger partial charge >= 0.3 is 5.82 Å². The topological polar surface area (TPSA) is 90.1 Å². The fourth-order valence-corrected chi connectivity index (χ4v) is 2.49. The van der Waals surface area contributed by atoms with Gasteiger partial charge in [0.05, 0.1) is 17.4 Å². The lowest BCUT2D eigenvalue weighted by Crippen LogP contribution is -2.38. The second-order valence-electron chi connectivity index (χ2n) is 6.10. The van der Waals surface area contributed by atoms with Crippen LogP contribution in [0.1, 0.15) is 25.0 Å². The molecule has 0 fully saturated rings. The Morgan fingerprint density at radius 3 is 2.65 bits per heavy atom. The molecule has 23 heavy (non-hydrogen) atoms. The monoisotopic (exact) mass is 316 g/mol. The van der Waals surface area contributed by atoms with E-state index in [9.17, 15) is 14.9 Å². The summed E-state index contributed by atoms with van der Waals surface area (Å²) in [5.74, 6) is -0.498. The Bertz CT molecular complexity index is 722. The molecule has 0 radical (unpaired) electrons. The summed E-state index contributed by atoms with van der Waals surface area (Å²) in [5, 5.41) is 17.2. The van der Waals surface area contributed by atoms with E-state index in [0.717, 1.165) is 0 Å². The zero-order valence-corrected chi connectivity index (χ0v) is 13.4. The summed E-state index contributed by atoms with van der Waals surface area (Å²) < 4.78 is 1.26. The minimum Gasteiger partial charge on any atom is -0.358 e. The van der Waals surface area contributed by atoms with Gasteiger partial charge < -0.3 is 15.4 Å². The van der Waals surface area contributed by atoms with Gasteiger partial charge in [-0.1, -0.05) is 38.1 Å². The summed E-state index contributed by atoms with van der Waals surface area (Å²) in [6, 6.07) is 9.33. The summed E-state index contributed by atoms with van der Waals surface area (Å²) in [6.07, 6.45) is 1.42. The number of amides is 1. The largest absolute Gasteiger partial charge is 0.389 e. The summed E-state index contributed by atoms with van der Waals surface area (Å²) in [7, 11) is 0. The molecule has 0 saturated heterocycles. The van der Waals surface area contributed by atoms with E-state index in [1.165, 1.54) is 28.1 Å². The molecular weight excluding hydrogens is 296 g/mol. The first-order valence-electron chi connectivity index (χ1n) is 7.30. The highest BCUT2D eigenvalue weighted by atomic mass is 16.6. The molecule has 0 bridgehead atoms. The number of aryl methyl sites for hydroxylation is 1. The van der Waals surface area contributed by atoms with Crippen LogP contribution in [0, 0.1) is 17.0 Å². The molecule has 7 heteroatoms. The fourth-order valence-electron chi connectivity index (χ4n) is 2.49. The molecule has 1 amide bonds. The van der Waals surface area contributed by atoms with E-state index >= 15 is 0 Å². The molecule has 0 saturated carbocycles. The highest BCUT2D eigenvalue weighted by molar-refractivity contribution is 5.75. The van der Waals surface area contributed by atoms with Crippen molar-refractivity contribution >= 4 is 11.7 Å². The number of hydrogen-bond acceptors (Lipinski definition) is 4. The van der Waals surface area contributed by atoms with E-state index in [-0.39, 0.29) is 23.7 Å². The van der Waals surface area contributed by atoms with Gasteiger partial charge in [0.25, 0.3) is 0 Å². The van der Waals surface area contributed by atoms with Crippen LogP contribution >= 0.6 is 0 Å². The molecule has 0 aliphatic rings. The number of carbonyl (C=O) groups is 1. The molecule has 0 aliphatic heterocycles. The van der Waals surface area contributed by atoms with Gasteiger partial charge in [-0.15, -0.1) is 0 Å². The summed E-state index contributed by atoms with van der Waals surface area (Å²) in [5.41, 5.74) is 2.14. The van der Waals surface area contributed by atoms with Crippen molar-refractivity contribution in [1.82, 2.24) is 15.1 Å².